The maximum absolute atomic E-state index is 12.2. The van der Waals surface area contributed by atoms with Gasteiger partial charge in [-0.15, -0.1) is 16.7 Å². The van der Waals surface area contributed by atoms with Crippen LogP contribution < -0.4 is 0 Å². The van der Waals surface area contributed by atoms with Crippen molar-refractivity contribution in [3.05, 3.63) is 21.9 Å². The topological polar surface area (TPSA) is 92.1 Å². The molecule has 7 nitrogen and oxygen atoms in total. The number of H-pyrrole nitrogens is 1. The molecule has 2 rings (SSSR count). The number of halogens is 1. The Bertz CT molecular complexity index is 462. The van der Waals surface area contributed by atoms with Gasteiger partial charge in [0.25, 0.3) is 5.91 Å². The van der Waals surface area contributed by atoms with Crippen molar-refractivity contribution in [1.29, 1.82) is 0 Å². The van der Waals surface area contributed by atoms with Crippen LogP contribution in [0.1, 0.15) is 29.8 Å². The Morgan fingerprint density at radius 2 is 2.44 bits per heavy atom. The van der Waals surface area contributed by atoms with Gasteiger partial charge >= 0.3 is 5.82 Å². The number of amides is 1. The fourth-order valence-corrected chi connectivity index (χ4v) is 2.41. The highest BCUT2D eigenvalue weighted by Gasteiger charge is 2.29. The zero-order valence-electron chi connectivity index (χ0n) is 9.63. The smallest absolute Gasteiger partial charge is 0.343 e. The number of carbonyl (C=O) groups is 1. The molecule has 0 unspecified atom stereocenters. The van der Waals surface area contributed by atoms with Crippen molar-refractivity contribution in [3.8, 4) is 0 Å². The molecule has 0 spiro atoms. The van der Waals surface area contributed by atoms with Gasteiger partial charge < -0.3 is 15.0 Å². The van der Waals surface area contributed by atoms with Crippen LogP contribution in [0, 0.1) is 10.1 Å². The molecule has 1 aliphatic rings. The molecule has 1 amide bonds. The van der Waals surface area contributed by atoms with E-state index in [1.165, 1.54) is 0 Å². The van der Waals surface area contributed by atoms with Crippen LogP contribution in [-0.2, 0) is 0 Å². The second-order valence-corrected chi connectivity index (χ2v) is 4.51. The highest BCUT2D eigenvalue weighted by Crippen LogP contribution is 2.21. The molecule has 0 aliphatic carbocycles. The number of likely N-dealkylation sites (tertiary alicyclic amines) is 1. The van der Waals surface area contributed by atoms with Gasteiger partial charge in [-0.25, -0.2) is 0 Å². The minimum absolute atomic E-state index is 0.0105. The lowest BCUT2D eigenvalue weighted by Gasteiger charge is -2.33. The molecule has 1 atom stereocenters. The summed E-state index contributed by atoms with van der Waals surface area (Å²) in [7, 11) is 0. The molecule has 0 bridgehead atoms. The lowest BCUT2D eigenvalue weighted by molar-refractivity contribution is -0.389. The molecule has 1 saturated heterocycles. The predicted molar refractivity (Wildman–Crippen MR) is 64.6 cm³/mol. The van der Waals surface area contributed by atoms with Crippen LogP contribution in [-0.4, -0.2) is 44.4 Å². The standard InChI is InChI=1S/C10H13ClN4O3/c11-6-7-3-1-2-4-14(7)10(16)8-5-9(13-12-8)15(17)18/h5,7H,1-4,6H2,(H,12,13)/t7-/m0/s1. The summed E-state index contributed by atoms with van der Waals surface area (Å²) >= 11 is 5.83. The largest absolute Gasteiger partial charge is 0.358 e. The van der Waals surface area contributed by atoms with Gasteiger partial charge in [0.2, 0.25) is 0 Å². The average Bonchev–Trinajstić information content (AvgIpc) is 2.87. The van der Waals surface area contributed by atoms with Crippen LogP contribution in [0.5, 0.6) is 0 Å². The van der Waals surface area contributed by atoms with Crippen LogP contribution in [0.4, 0.5) is 5.82 Å². The zero-order valence-corrected chi connectivity index (χ0v) is 10.4. The second kappa shape index (κ2) is 5.34. The van der Waals surface area contributed by atoms with E-state index in [4.69, 9.17) is 11.6 Å². The van der Waals surface area contributed by atoms with Crippen molar-refractivity contribution in [1.82, 2.24) is 15.1 Å². The lowest BCUT2D eigenvalue weighted by Crippen LogP contribution is -2.44. The third kappa shape index (κ3) is 2.45. The van der Waals surface area contributed by atoms with E-state index in [9.17, 15) is 14.9 Å². The fraction of sp³-hybridized carbons (Fsp3) is 0.600. The monoisotopic (exact) mass is 272 g/mol. The quantitative estimate of drug-likeness (QED) is 0.513. The number of piperidine rings is 1. The van der Waals surface area contributed by atoms with Gasteiger partial charge in [0, 0.05) is 18.5 Å². The number of nitro groups is 1. The first-order valence-corrected chi connectivity index (χ1v) is 6.23. The Morgan fingerprint density at radius 1 is 1.67 bits per heavy atom. The van der Waals surface area contributed by atoms with Crippen LogP contribution >= 0.6 is 11.6 Å². The van der Waals surface area contributed by atoms with E-state index < -0.39 is 4.92 Å². The van der Waals surface area contributed by atoms with Crippen molar-refractivity contribution >= 4 is 23.3 Å². The highest BCUT2D eigenvalue weighted by molar-refractivity contribution is 6.18. The van der Waals surface area contributed by atoms with Crippen molar-refractivity contribution in [2.45, 2.75) is 25.3 Å². The first-order chi connectivity index (χ1) is 8.63. The first-order valence-electron chi connectivity index (χ1n) is 5.70. The number of nitrogens with one attached hydrogen (secondary N) is 1. The van der Waals surface area contributed by atoms with Gasteiger partial charge in [-0.05, 0) is 24.2 Å². The highest BCUT2D eigenvalue weighted by atomic mass is 35.5. The molecule has 0 aromatic carbocycles. The molecule has 1 aromatic rings. The Labute approximate surface area is 108 Å². The maximum atomic E-state index is 12.2. The molecular formula is C10H13ClN4O3. The molecule has 1 N–H and O–H groups in total. The van der Waals surface area contributed by atoms with E-state index in [0.29, 0.717) is 12.4 Å². The number of hydrogen-bond acceptors (Lipinski definition) is 4. The summed E-state index contributed by atoms with van der Waals surface area (Å²) in [6.45, 7) is 0.622. The first kappa shape index (κ1) is 12.8. The average molecular weight is 273 g/mol. The van der Waals surface area contributed by atoms with E-state index in [2.05, 4.69) is 10.2 Å². The molecular weight excluding hydrogens is 260 g/mol. The summed E-state index contributed by atoms with van der Waals surface area (Å²) in [5, 5.41) is 16.4. The SMILES string of the molecule is O=C(c1cc([N+](=O)[O-])[nH]n1)N1CCCC[C@H]1CCl. The van der Waals surface area contributed by atoms with Gasteiger partial charge in [-0.3, -0.25) is 4.79 Å². The molecule has 18 heavy (non-hydrogen) atoms. The number of aromatic nitrogens is 2. The van der Waals surface area contributed by atoms with Crippen LogP contribution in [0.25, 0.3) is 0 Å². The summed E-state index contributed by atoms with van der Waals surface area (Å²) in [5.41, 5.74) is 0.0683. The number of aromatic amines is 1. The molecule has 8 heteroatoms. The van der Waals surface area contributed by atoms with Gasteiger partial charge in [0.1, 0.15) is 0 Å². The van der Waals surface area contributed by atoms with Crippen LogP contribution in [0.3, 0.4) is 0 Å². The van der Waals surface area contributed by atoms with Crippen molar-refractivity contribution < 1.29 is 9.72 Å². The summed E-state index contributed by atoms with van der Waals surface area (Å²) in [6, 6.07) is 1.14. The fourth-order valence-electron chi connectivity index (χ4n) is 2.09. The van der Waals surface area contributed by atoms with E-state index in [1.807, 2.05) is 0 Å². The van der Waals surface area contributed by atoms with E-state index in [-0.39, 0.29) is 23.5 Å². The Kier molecular flexibility index (Phi) is 3.81. The van der Waals surface area contributed by atoms with Gasteiger partial charge in [0.15, 0.2) is 5.69 Å². The Balaban J connectivity index is 2.15. The van der Waals surface area contributed by atoms with Gasteiger partial charge in [-0.2, -0.15) is 0 Å². The summed E-state index contributed by atoms with van der Waals surface area (Å²) < 4.78 is 0. The molecule has 1 aromatic heterocycles. The molecule has 1 fully saturated rings. The zero-order chi connectivity index (χ0) is 13.1. The molecule has 0 radical (unpaired) electrons. The predicted octanol–water partition coefficient (Wildman–Crippen LogP) is 1.55. The summed E-state index contributed by atoms with van der Waals surface area (Å²) in [5.74, 6) is -0.208. The van der Waals surface area contributed by atoms with E-state index in [0.717, 1.165) is 25.3 Å². The maximum Gasteiger partial charge on any atom is 0.343 e. The number of carbonyl (C=O) groups excluding carboxylic acids is 1. The van der Waals surface area contributed by atoms with Crippen molar-refractivity contribution in [2.75, 3.05) is 12.4 Å². The summed E-state index contributed by atoms with van der Waals surface area (Å²) in [6.07, 6.45) is 2.83. The molecule has 1 aliphatic heterocycles. The molecule has 0 saturated carbocycles. The van der Waals surface area contributed by atoms with Gasteiger partial charge in [0.05, 0.1) is 6.07 Å². The number of rotatable bonds is 3. The molecule has 98 valence electrons. The van der Waals surface area contributed by atoms with Crippen LogP contribution in [0.2, 0.25) is 0 Å². The normalized spacial score (nSPS) is 19.8. The summed E-state index contributed by atoms with van der Waals surface area (Å²) in [4.78, 5) is 23.7. The molecule has 2 heterocycles. The van der Waals surface area contributed by atoms with Crippen LogP contribution in [0.15, 0.2) is 6.07 Å². The second-order valence-electron chi connectivity index (χ2n) is 4.20. The van der Waals surface area contributed by atoms with Crippen molar-refractivity contribution in [2.24, 2.45) is 0 Å². The Morgan fingerprint density at radius 3 is 3.06 bits per heavy atom. The third-order valence-corrected chi connectivity index (χ3v) is 3.40. The van der Waals surface area contributed by atoms with E-state index in [1.54, 1.807) is 4.90 Å². The van der Waals surface area contributed by atoms with Crippen molar-refractivity contribution in [3.63, 3.8) is 0 Å². The number of alkyl halides is 1. The van der Waals surface area contributed by atoms with Gasteiger partial charge in [-0.1, -0.05) is 5.10 Å². The minimum Gasteiger partial charge on any atom is -0.358 e. The number of hydrogen-bond donors (Lipinski definition) is 1. The Hall–Kier alpha value is -1.63. The third-order valence-electron chi connectivity index (χ3n) is 3.05. The lowest BCUT2D eigenvalue weighted by atomic mass is 10.0. The minimum atomic E-state index is -0.612. The van der Waals surface area contributed by atoms with E-state index >= 15 is 0 Å². The number of nitrogens with zero attached hydrogens (tertiary/aromatic N) is 3.